The number of benzene rings is 1. The summed E-state index contributed by atoms with van der Waals surface area (Å²) in [5.74, 6) is -0.0340. The molecular formula is C16H22FN3O3. The van der Waals surface area contributed by atoms with Crippen LogP contribution in [0.5, 0.6) is 5.75 Å². The highest BCUT2D eigenvalue weighted by atomic mass is 19.1. The van der Waals surface area contributed by atoms with Crippen LogP contribution in [0, 0.1) is 21.8 Å². The lowest BCUT2D eigenvalue weighted by Gasteiger charge is -2.36. The van der Waals surface area contributed by atoms with Crippen molar-refractivity contribution in [2.24, 2.45) is 5.92 Å². The second-order valence-electron chi connectivity index (χ2n) is 6.26. The molecule has 2 aliphatic rings. The summed E-state index contributed by atoms with van der Waals surface area (Å²) in [7, 11) is 1.37. The lowest BCUT2D eigenvalue weighted by Crippen LogP contribution is -2.41. The Kier molecular flexibility index (Phi) is 4.66. The molecule has 1 atom stereocenters. The number of methoxy groups -OCH3 is 1. The molecule has 2 saturated heterocycles. The third-order valence-electron chi connectivity index (χ3n) is 4.99. The molecule has 2 heterocycles. The number of nitro groups is 1. The van der Waals surface area contributed by atoms with Crippen molar-refractivity contribution in [1.29, 1.82) is 0 Å². The number of rotatable bonds is 4. The first kappa shape index (κ1) is 16.0. The van der Waals surface area contributed by atoms with E-state index in [1.807, 2.05) is 4.90 Å². The normalized spacial score (nSPS) is 22.3. The third-order valence-corrected chi connectivity index (χ3v) is 4.99. The molecule has 1 unspecified atom stereocenters. The lowest BCUT2D eigenvalue weighted by atomic mass is 9.88. The van der Waals surface area contributed by atoms with Gasteiger partial charge in [0.15, 0.2) is 11.6 Å². The van der Waals surface area contributed by atoms with E-state index in [1.54, 1.807) is 0 Å². The smallest absolute Gasteiger partial charge is 0.295 e. The van der Waals surface area contributed by atoms with Crippen LogP contribution in [0.25, 0.3) is 0 Å². The van der Waals surface area contributed by atoms with Gasteiger partial charge in [0.05, 0.1) is 18.1 Å². The molecule has 1 aromatic rings. The predicted octanol–water partition coefficient (Wildman–Crippen LogP) is 2.71. The second-order valence-corrected chi connectivity index (χ2v) is 6.26. The number of piperidine rings is 1. The predicted molar refractivity (Wildman–Crippen MR) is 85.6 cm³/mol. The molecule has 1 N–H and O–H groups in total. The van der Waals surface area contributed by atoms with E-state index in [0.717, 1.165) is 38.5 Å². The van der Waals surface area contributed by atoms with Gasteiger partial charge in [-0.05, 0) is 38.1 Å². The second kappa shape index (κ2) is 6.70. The van der Waals surface area contributed by atoms with E-state index in [1.165, 1.54) is 26.0 Å². The molecule has 6 nitrogen and oxygen atoms in total. The van der Waals surface area contributed by atoms with Crippen LogP contribution in [0.2, 0.25) is 0 Å². The standard InChI is InChI=1S/C16H22FN3O3/c1-23-16-10-14(15(20(21)22)9-12(16)17)19-7-4-11(5-8-19)13-3-2-6-18-13/h9-11,13,18H,2-8H2,1H3. The van der Waals surface area contributed by atoms with Crippen molar-refractivity contribution < 1.29 is 14.1 Å². The van der Waals surface area contributed by atoms with E-state index in [4.69, 9.17) is 4.74 Å². The van der Waals surface area contributed by atoms with Crippen LogP contribution in [-0.2, 0) is 0 Å². The summed E-state index contributed by atoms with van der Waals surface area (Å²) in [5.41, 5.74) is 0.256. The highest BCUT2D eigenvalue weighted by molar-refractivity contribution is 5.66. The zero-order valence-electron chi connectivity index (χ0n) is 13.3. The summed E-state index contributed by atoms with van der Waals surface area (Å²) in [5, 5.41) is 14.8. The first-order chi connectivity index (χ1) is 11.1. The van der Waals surface area contributed by atoms with Crippen molar-refractivity contribution in [2.45, 2.75) is 31.7 Å². The summed E-state index contributed by atoms with van der Waals surface area (Å²) in [6, 6.07) is 2.98. The Balaban J connectivity index is 1.77. The van der Waals surface area contributed by atoms with Gasteiger partial charge in [-0.3, -0.25) is 10.1 Å². The minimum atomic E-state index is -0.701. The third kappa shape index (κ3) is 3.24. The van der Waals surface area contributed by atoms with Crippen LogP contribution >= 0.6 is 0 Å². The molecule has 1 aromatic carbocycles. The number of hydrogen-bond acceptors (Lipinski definition) is 5. The van der Waals surface area contributed by atoms with E-state index in [2.05, 4.69) is 5.32 Å². The Morgan fingerprint density at radius 3 is 2.65 bits per heavy atom. The Morgan fingerprint density at radius 1 is 1.35 bits per heavy atom. The van der Waals surface area contributed by atoms with Crippen LogP contribution < -0.4 is 15.0 Å². The molecule has 23 heavy (non-hydrogen) atoms. The minimum Gasteiger partial charge on any atom is -0.494 e. The molecule has 126 valence electrons. The summed E-state index contributed by atoms with van der Waals surface area (Å²) in [6.45, 7) is 2.59. The van der Waals surface area contributed by atoms with Crippen molar-refractivity contribution in [3.8, 4) is 5.75 Å². The van der Waals surface area contributed by atoms with Gasteiger partial charge in [-0.15, -0.1) is 0 Å². The maximum absolute atomic E-state index is 13.8. The summed E-state index contributed by atoms with van der Waals surface area (Å²) >= 11 is 0. The van der Waals surface area contributed by atoms with Gasteiger partial charge in [-0.25, -0.2) is 4.39 Å². The van der Waals surface area contributed by atoms with Gasteiger partial charge in [0.25, 0.3) is 5.69 Å². The summed E-state index contributed by atoms with van der Waals surface area (Å²) in [6.07, 6.45) is 4.43. The van der Waals surface area contributed by atoms with Crippen LogP contribution in [0.4, 0.5) is 15.8 Å². The molecule has 0 bridgehead atoms. The Bertz CT molecular complexity index is 582. The number of nitrogens with one attached hydrogen (secondary N) is 1. The van der Waals surface area contributed by atoms with Crippen LogP contribution in [0.15, 0.2) is 12.1 Å². The van der Waals surface area contributed by atoms with Gasteiger partial charge < -0.3 is 15.0 Å². The molecule has 0 amide bonds. The molecular weight excluding hydrogens is 301 g/mol. The highest BCUT2D eigenvalue weighted by Crippen LogP contribution is 2.37. The highest BCUT2D eigenvalue weighted by Gasteiger charge is 2.31. The van der Waals surface area contributed by atoms with Gasteiger partial charge in [-0.1, -0.05) is 0 Å². The maximum Gasteiger partial charge on any atom is 0.295 e. The fourth-order valence-corrected chi connectivity index (χ4v) is 3.74. The number of nitrogens with zero attached hydrogens (tertiary/aromatic N) is 2. The van der Waals surface area contributed by atoms with Crippen molar-refractivity contribution >= 4 is 11.4 Å². The van der Waals surface area contributed by atoms with Crippen LogP contribution in [0.1, 0.15) is 25.7 Å². The fourth-order valence-electron chi connectivity index (χ4n) is 3.74. The van der Waals surface area contributed by atoms with Crippen molar-refractivity contribution in [3.05, 3.63) is 28.1 Å². The SMILES string of the molecule is COc1cc(N2CCC(C3CCCN3)CC2)c([N+](=O)[O-])cc1F. The Morgan fingerprint density at radius 2 is 2.09 bits per heavy atom. The van der Waals surface area contributed by atoms with E-state index >= 15 is 0 Å². The average molecular weight is 323 g/mol. The van der Waals surface area contributed by atoms with Crippen molar-refractivity contribution in [3.63, 3.8) is 0 Å². The molecule has 2 fully saturated rings. The number of nitro benzene ring substituents is 1. The molecule has 0 aromatic heterocycles. The van der Waals surface area contributed by atoms with Crippen LogP contribution in [-0.4, -0.2) is 37.7 Å². The van der Waals surface area contributed by atoms with E-state index in [0.29, 0.717) is 17.6 Å². The van der Waals surface area contributed by atoms with Gasteiger partial charge in [0, 0.05) is 25.2 Å². The summed E-state index contributed by atoms with van der Waals surface area (Å²) < 4.78 is 18.7. The molecule has 3 rings (SSSR count). The number of anilines is 1. The Hall–Kier alpha value is -1.89. The molecule has 2 aliphatic heterocycles. The number of halogens is 1. The molecule has 0 spiro atoms. The Labute approximate surface area is 134 Å². The topological polar surface area (TPSA) is 67.6 Å². The molecule has 0 aliphatic carbocycles. The van der Waals surface area contributed by atoms with Crippen molar-refractivity contribution in [1.82, 2.24) is 5.32 Å². The average Bonchev–Trinajstić information content (AvgIpc) is 3.09. The van der Waals surface area contributed by atoms with Gasteiger partial charge in [-0.2, -0.15) is 0 Å². The van der Waals surface area contributed by atoms with E-state index in [9.17, 15) is 14.5 Å². The van der Waals surface area contributed by atoms with Gasteiger partial charge >= 0.3 is 0 Å². The number of hydrogen-bond donors (Lipinski definition) is 1. The molecule has 0 radical (unpaired) electrons. The first-order valence-corrected chi connectivity index (χ1v) is 8.10. The zero-order valence-corrected chi connectivity index (χ0v) is 13.3. The van der Waals surface area contributed by atoms with Gasteiger partial charge in [0.1, 0.15) is 5.69 Å². The lowest BCUT2D eigenvalue weighted by molar-refractivity contribution is -0.384. The monoisotopic (exact) mass is 323 g/mol. The zero-order chi connectivity index (χ0) is 16.4. The fraction of sp³-hybridized carbons (Fsp3) is 0.625. The van der Waals surface area contributed by atoms with Crippen LogP contribution in [0.3, 0.4) is 0 Å². The van der Waals surface area contributed by atoms with E-state index in [-0.39, 0.29) is 11.4 Å². The minimum absolute atomic E-state index is 0.0465. The maximum atomic E-state index is 13.8. The largest absolute Gasteiger partial charge is 0.494 e. The number of ether oxygens (including phenoxy) is 1. The van der Waals surface area contributed by atoms with E-state index < -0.39 is 10.7 Å². The first-order valence-electron chi connectivity index (χ1n) is 8.10. The molecule has 0 saturated carbocycles. The summed E-state index contributed by atoms with van der Waals surface area (Å²) in [4.78, 5) is 12.7. The van der Waals surface area contributed by atoms with Gasteiger partial charge in [0.2, 0.25) is 0 Å². The quantitative estimate of drug-likeness (QED) is 0.681. The van der Waals surface area contributed by atoms with Crippen molar-refractivity contribution in [2.75, 3.05) is 31.6 Å². The molecule has 7 heteroatoms.